The Morgan fingerprint density at radius 2 is 2.13 bits per heavy atom. The van der Waals surface area contributed by atoms with Crippen molar-refractivity contribution in [1.29, 1.82) is 0 Å². The Bertz CT molecular complexity index is 1240. The molecular formula is C24H21N3O4. The SMILES string of the molecule is CCOC(=O)c1cc2cccnc2c(-c2cccc(C#CC3(O)CCN(C)C3=O)c2)n1. The third-order valence-corrected chi connectivity index (χ3v) is 5.13. The Labute approximate surface area is 179 Å². The number of likely N-dealkylation sites (tertiary alicyclic amines) is 1. The summed E-state index contributed by atoms with van der Waals surface area (Å²) in [5.41, 5.74) is 1.03. The van der Waals surface area contributed by atoms with E-state index >= 15 is 0 Å². The molecule has 2 aromatic heterocycles. The smallest absolute Gasteiger partial charge is 0.356 e. The van der Waals surface area contributed by atoms with Crippen molar-refractivity contribution in [1.82, 2.24) is 14.9 Å². The van der Waals surface area contributed by atoms with Gasteiger partial charge in [0.05, 0.1) is 17.8 Å². The lowest BCUT2D eigenvalue weighted by Gasteiger charge is -2.13. The van der Waals surface area contributed by atoms with Gasteiger partial charge in [0.1, 0.15) is 5.69 Å². The highest BCUT2D eigenvalue weighted by Gasteiger charge is 2.42. The van der Waals surface area contributed by atoms with Crippen LogP contribution in [-0.2, 0) is 9.53 Å². The number of fused-ring (bicyclic) bond motifs is 1. The molecule has 0 saturated carbocycles. The van der Waals surface area contributed by atoms with Gasteiger partial charge in [-0.3, -0.25) is 9.78 Å². The molecule has 1 saturated heterocycles. The Balaban J connectivity index is 1.77. The highest BCUT2D eigenvalue weighted by molar-refractivity contribution is 5.98. The fraction of sp³-hybridized carbons (Fsp3) is 0.250. The predicted octanol–water partition coefficient (Wildman–Crippen LogP) is 2.42. The van der Waals surface area contributed by atoms with E-state index in [0.29, 0.717) is 28.9 Å². The minimum Gasteiger partial charge on any atom is -0.461 e. The summed E-state index contributed by atoms with van der Waals surface area (Å²) in [5, 5.41) is 11.3. The van der Waals surface area contributed by atoms with Crippen molar-refractivity contribution >= 4 is 22.8 Å². The standard InChI is InChI=1S/C24H21N3O4/c1-3-31-22(28)19-15-18-8-5-12-25-20(18)21(26-19)17-7-4-6-16(14-17)9-10-24(30)11-13-27(2)23(24)29/h4-8,12,14-15,30H,3,11,13H2,1-2H3. The molecule has 0 bridgehead atoms. The van der Waals surface area contributed by atoms with Crippen molar-refractivity contribution in [3.63, 3.8) is 0 Å². The van der Waals surface area contributed by atoms with Crippen molar-refractivity contribution in [2.24, 2.45) is 0 Å². The summed E-state index contributed by atoms with van der Waals surface area (Å²) in [6.07, 6.45) is 1.94. The van der Waals surface area contributed by atoms with E-state index in [0.717, 1.165) is 5.39 Å². The maximum Gasteiger partial charge on any atom is 0.356 e. The fourth-order valence-corrected chi connectivity index (χ4v) is 3.49. The van der Waals surface area contributed by atoms with Gasteiger partial charge >= 0.3 is 5.97 Å². The first-order valence-electron chi connectivity index (χ1n) is 9.96. The van der Waals surface area contributed by atoms with Crippen LogP contribution in [0.2, 0.25) is 0 Å². The first-order chi connectivity index (χ1) is 14.9. The molecule has 31 heavy (non-hydrogen) atoms. The number of benzene rings is 1. The second kappa shape index (κ2) is 8.17. The Morgan fingerprint density at radius 3 is 2.87 bits per heavy atom. The van der Waals surface area contributed by atoms with Crippen LogP contribution in [0, 0.1) is 11.8 Å². The van der Waals surface area contributed by atoms with E-state index in [4.69, 9.17) is 4.74 Å². The molecule has 0 spiro atoms. The number of rotatable bonds is 3. The molecule has 1 atom stereocenters. The Hall–Kier alpha value is -3.76. The van der Waals surface area contributed by atoms with Crippen molar-refractivity contribution in [3.8, 4) is 23.1 Å². The Kier molecular flexibility index (Phi) is 5.40. The molecule has 1 N–H and O–H groups in total. The van der Waals surface area contributed by atoms with Gasteiger partial charge in [-0.2, -0.15) is 0 Å². The van der Waals surface area contributed by atoms with Gasteiger partial charge in [-0.05, 0) is 31.2 Å². The molecule has 156 valence electrons. The molecule has 1 fully saturated rings. The number of hydrogen-bond donors (Lipinski definition) is 1. The molecule has 7 nitrogen and oxygen atoms in total. The van der Waals surface area contributed by atoms with Gasteiger partial charge in [0, 0.05) is 42.7 Å². The molecule has 1 amide bonds. The third kappa shape index (κ3) is 3.98. The van der Waals surface area contributed by atoms with Gasteiger partial charge in [0.25, 0.3) is 5.91 Å². The van der Waals surface area contributed by atoms with Gasteiger partial charge in [0.15, 0.2) is 0 Å². The van der Waals surface area contributed by atoms with Crippen LogP contribution in [0.1, 0.15) is 29.4 Å². The molecule has 1 aliphatic rings. The van der Waals surface area contributed by atoms with Crippen molar-refractivity contribution in [2.45, 2.75) is 18.9 Å². The number of aliphatic hydroxyl groups is 1. The highest BCUT2D eigenvalue weighted by Crippen LogP contribution is 2.27. The number of amides is 1. The summed E-state index contributed by atoms with van der Waals surface area (Å²) >= 11 is 0. The molecule has 0 aliphatic carbocycles. The Morgan fingerprint density at radius 1 is 1.29 bits per heavy atom. The largest absolute Gasteiger partial charge is 0.461 e. The van der Waals surface area contributed by atoms with Crippen molar-refractivity contribution < 1.29 is 19.4 Å². The van der Waals surface area contributed by atoms with Crippen molar-refractivity contribution in [3.05, 3.63) is 59.9 Å². The zero-order chi connectivity index (χ0) is 22.0. The summed E-state index contributed by atoms with van der Waals surface area (Å²) in [7, 11) is 1.64. The molecule has 7 heteroatoms. The number of carbonyl (C=O) groups is 2. The first-order valence-corrected chi connectivity index (χ1v) is 9.96. The van der Waals surface area contributed by atoms with E-state index in [2.05, 4.69) is 21.8 Å². The number of ether oxygens (including phenoxy) is 1. The monoisotopic (exact) mass is 415 g/mol. The predicted molar refractivity (Wildman–Crippen MR) is 115 cm³/mol. The number of carbonyl (C=O) groups excluding carboxylic acids is 2. The van der Waals surface area contributed by atoms with E-state index < -0.39 is 17.5 Å². The number of likely N-dealkylation sites (N-methyl/N-ethyl adjacent to an activating group) is 1. The fourth-order valence-electron chi connectivity index (χ4n) is 3.49. The minimum absolute atomic E-state index is 0.197. The van der Waals surface area contributed by atoms with Crippen LogP contribution in [0.5, 0.6) is 0 Å². The van der Waals surface area contributed by atoms with Crippen LogP contribution in [-0.4, -0.2) is 57.7 Å². The summed E-state index contributed by atoms with van der Waals surface area (Å²) in [5.74, 6) is 4.73. The quantitative estimate of drug-likeness (QED) is 0.522. The minimum atomic E-state index is -1.67. The van der Waals surface area contributed by atoms with Crippen molar-refractivity contribution in [2.75, 3.05) is 20.2 Å². The third-order valence-electron chi connectivity index (χ3n) is 5.13. The number of nitrogens with zero attached hydrogens (tertiary/aromatic N) is 3. The topological polar surface area (TPSA) is 92.6 Å². The maximum absolute atomic E-state index is 12.3. The van der Waals surface area contributed by atoms with E-state index in [1.54, 1.807) is 50.5 Å². The average molecular weight is 415 g/mol. The van der Waals surface area contributed by atoms with Crippen LogP contribution < -0.4 is 0 Å². The molecule has 1 aliphatic heterocycles. The van der Waals surface area contributed by atoms with Crippen LogP contribution >= 0.6 is 0 Å². The number of hydrogen-bond acceptors (Lipinski definition) is 6. The number of pyridine rings is 2. The van der Waals surface area contributed by atoms with Gasteiger partial charge in [-0.1, -0.05) is 30.0 Å². The van der Waals surface area contributed by atoms with Gasteiger partial charge in [0.2, 0.25) is 5.60 Å². The van der Waals surface area contributed by atoms with Crippen LogP contribution in [0.15, 0.2) is 48.7 Å². The van der Waals surface area contributed by atoms with Gasteiger partial charge < -0.3 is 14.7 Å². The van der Waals surface area contributed by atoms with E-state index in [-0.39, 0.29) is 18.7 Å². The van der Waals surface area contributed by atoms with Crippen LogP contribution in [0.3, 0.4) is 0 Å². The zero-order valence-corrected chi connectivity index (χ0v) is 17.3. The molecular weight excluding hydrogens is 394 g/mol. The molecule has 1 unspecified atom stereocenters. The number of esters is 1. The molecule has 0 radical (unpaired) electrons. The molecule has 4 rings (SSSR count). The first kappa shape index (κ1) is 20.5. The summed E-state index contributed by atoms with van der Waals surface area (Å²) in [6, 6.07) is 12.5. The van der Waals surface area contributed by atoms with Gasteiger partial charge in [-0.25, -0.2) is 9.78 Å². The zero-order valence-electron chi connectivity index (χ0n) is 17.3. The summed E-state index contributed by atoms with van der Waals surface area (Å²) < 4.78 is 5.11. The average Bonchev–Trinajstić information content (AvgIpc) is 3.05. The second-order valence-corrected chi connectivity index (χ2v) is 7.32. The normalized spacial score (nSPS) is 18.0. The van der Waals surface area contributed by atoms with Crippen LogP contribution in [0.25, 0.3) is 22.2 Å². The summed E-state index contributed by atoms with van der Waals surface area (Å²) in [6.45, 7) is 2.46. The molecule has 3 aromatic rings. The van der Waals surface area contributed by atoms with E-state index in [1.807, 2.05) is 12.1 Å². The van der Waals surface area contributed by atoms with E-state index in [9.17, 15) is 14.7 Å². The second-order valence-electron chi connectivity index (χ2n) is 7.32. The molecule has 3 heterocycles. The van der Waals surface area contributed by atoms with E-state index in [1.165, 1.54) is 4.90 Å². The lowest BCUT2D eigenvalue weighted by atomic mass is 10.0. The molecule has 1 aromatic carbocycles. The highest BCUT2D eigenvalue weighted by atomic mass is 16.5. The maximum atomic E-state index is 12.3. The lowest BCUT2D eigenvalue weighted by Crippen LogP contribution is -2.37. The number of aromatic nitrogens is 2. The van der Waals surface area contributed by atoms with Crippen LogP contribution in [0.4, 0.5) is 0 Å². The summed E-state index contributed by atoms with van der Waals surface area (Å²) in [4.78, 5) is 34.8. The lowest BCUT2D eigenvalue weighted by molar-refractivity contribution is -0.137. The van der Waals surface area contributed by atoms with Gasteiger partial charge in [-0.15, -0.1) is 0 Å².